The minimum absolute atomic E-state index is 0.0526. The number of imidazole rings is 1. The van der Waals surface area contributed by atoms with E-state index in [9.17, 15) is 18.0 Å². The van der Waals surface area contributed by atoms with Gasteiger partial charge in [0.2, 0.25) is 11.8 Å². The van der Waals surface area contributed by atoms with Crippen LogP contribution in [0.4, 0.5) is 19.1 Å². The van der Waals surface area contributed by atoms with E-state index < -0.39 is 17.8 Å². The van der Waals surface area contributed by atoms with Gasteiger partial charge >= 0.3 is 6.18 Å². The molecule has 0 saturated carbocycles. The summed E-state index contributed by atoms with van der Waals surface area (Å²) in [6.45, 7) is 1.17. The van der Waals surface area contributed by atoms with E-state index in [0.29, 0.717) is 25.2 Å². The van der Waals surface area contributed by atoms with Crippen molar-refractivity contribution in [2.75, 3.05) is 11.9 Å². The number of carbonyl (C=O) groups is 1. The summed E-state index contributed by atoms with van der Waals surface area (Å²) < 4.78 is 44.0. The summed E-state index contributed by atoms with van der Waals surface area (Å²) in [6, 6.07) is 1.43. The summed E-state index contributed by atoms with van der Waals surface area (Å²) in [7, 11) is 0. The predicted molar refractivity (Wildman–Crippen MR) is 63.9 cm³/mol. The number of anilines is 1. The number of alkyl halides is 3. The first-order valence-corrected chi connectivity index (χ1v) is 6.08. The van der Waals surface area contributed by atoms with Crippen LogP contribution in [0.1, 0.15) is 22.6 Å². The lowest BCUT2D eigenvalue weighted by Gasteiger charge is -2.13. The number of fused-ring (bicyclic) bond motifs is 1. The topological polar surface area (TPSA) is 84.8 Å². The molecule has 1 aliphatic heterocycles. The van der Waals surface area contributed by atoms with Crippen LogP contribution in [0.3, 0.4) is 0 Å². The van der Waals surface area contributed by atoms with E-state index in [-0.39, 0.29) is 11.6 Å². The van der Waals surface area contributed by atoms with E-state index in [4.69, 9.17) is 4.74 Å². The van der Waals surface area contributed by atoms with Gasteiger partial charge in [0.15, 0.2) is 5.69 Å². The molecule has 112 valence electrons. The number of rotatable bonds is 2. The molecule has 2 N–H and O–H groups in total. The van der Waals surface area contributed by atoms with Crippen molar-refractivity contribution in [1.82, 2.24) is 19.7 Å². The fourth-order valence-corrected chi connectivity index (χ4v) is 1.88. The van der Waals surface area contributed by atoms with E-state index in [1.165, 1.54) is 10.7 Å². The average Bonchev–Trinajstić information content (AvgIpc) is 3.03. The molecular weight excluding hydrogens is 291 g/mol. The van der Waals surface area contributed by atoms with Gasteiger partial charge in [-0.25, -0.2) is 9.67 Å². The molecule has 0 radical (unpaired) electrons. The van der Waals surface area contributed by atoms with Crippen LogP contribution in [0, 0.1) is 0 Å². The molecular formula is C11H10F3N5O2. The molecule has 0 atom stereocenters. The van der Waals surface area contributed by atoms with Crippen molar-refractivity contribution in [2.45, 2.75) is 19.1 Å². The van der Waals surface area contributed by atoms with Crippen molar-refractivity contribution < 1.29 is 22.7 Å². The maximum Gasteiger partial charge on any atom is 0.432 e. The normalized spacial score (nSPS) is 14.4. The summed E-state index contributed by atoms with van der Waals surface area (Å²) in [5, 5.41) is 6.24. The van der Waals surface area contributed by atoms with Crippen LogP contribution in [0.25, 0.3) is 0 Å². The fourth-order valence-electron chi connectivity index (χ4n) is 1.88. The largest absolute Gasteiger partial charge is 0.478 e. The molecule has 3 heterocycles. The Morgan fingerprint density at radius 1 is 1.48 bits per heavy atom. The Morgan fingerprint density at radius 2 is 2.29 bits per heavy atom. The first-order chi connectivity index (χ1) is 9.93. The number of aromatic amines is 1. The SMILES string of the molecule is O=C(Nc1ncc(C(F)(F)F)[nH]1)c1cc2n(n1)CCCO2. The number of hydrogen-bond donors (Lipinski definition) is 2. The van der Waals surface area contributed by atoms with Crippen LogP contribution in [0.2, 0.25) is 0 Å². The Labute approximate surface area is 116 Å². The number of aromatic nitrogens is 4. The fraction of sp³-hybridized carbons (Fsp3) is 0.364. The van der Waals surface area contributed by atoms with Gasteiger partial charge < -0.3 is 9.72 Å². The van der Waals surface area contributed by atoms with E-state index in [2.05, 4.69) is 15.4 Å². The summed E-state index contributed by atoms with van der Waals surface area (Å²) >= 11 is 0. The lowest BCUT2D eigenvalue weighted by molar-refractivity contribution is -0.140. The molecule has 2 aromatic heterocycles. The second-order valence-electron chi connectivity index (χ2n) is 4.39. The molecule has 7 nitrogen and oxygen atoms in total. The quantitative estimate of drug-likeness (QED) is 0.883. The molecule has 21 heavy (non-hydrogen) atoms. The Bertz CT molecular complexity index is 652. The Kier molecular flexibility index (Phi) is 3.07. The Hall–Kier alpha value is -2.52. The lowest BCUT2D eigenvalue weighted by Crippen LogP contribution is -2.16. The number of nitrogens with one attached hydrogen (secondary N) is 2. The van der Waals surface area contributed by atoms with Gasteiger partial charge in [-0.3, -0.25) is 10.1 Å². The van der Waals surface area contributed by atoms with E-state index >= 15 is 0 Å². The number of carbonyl (C=O) groups excluding carboxylic acids is 1. The van der Waals surface area contributed by atoms with Crippen LogP contribution in [0.5, 0.6) is 5.88 Å². The number of hydrogen-bond acceptors (Lipinski definition) is 4. The second-order valence-corrected chi connectivity index (χ2v) is 4.39. The van der Waals surface area contributed by atoms with Crippen molar-refractivity contribution in [3.05, 3.63) is 23.7 Å². The van der Waals surface area contributed by atoms with E-state index in [1.54, 1.807) is 0 Å². The molecule has 10 heteroatoms. The monoisotopic (exact) mass is 301 g/mol. The zero-order valence-electron chi connectivity index (χ0n) is 10.6. The average molecular weight is 301 g/mol. The summed E-state index contributed by atoms with van der Waals surface area (Å²) in [6.07, 6.45) is -3.16. The molecule has 0 spiro atoms. The van der Waals surface area contributed by atoms with Crippen LogP contribution >= 0.6 is 0 Å². The van der Waals surface area contributed by atoms with Crippen molar-refractivity contribution in [2.24, 2.45) is 0 Å². The summed E-state index contributed by atoms with van der Waals surface area (Å²) in [5.41, 5.74) is -0.984. The molecule has 0 saturated heterocycles. The van der Waals surface area contributed by atoms with E-state index in [1.807, 2.05) is 4.98 Å². The van der Waals surface area contributed by atoms with Crippen LogP contribution in [-0.4, -0.2) is 32.3 Å². The molecule has 0 fully saturated rings. The van der Waals surface area contributed by atoms with Crippen LogP contribution in [-0.2, 0) is 12.7 Å². The molecule has 2 aromatic rings. The molecule has 3 rings (SSSR count). The highest BCUT2D eigenvalue weighted by molar-refractivity contribution is 6.02. The molecule has 0 unspecified atom stereocenters. The Balaban J connectivity index is 1.74. The van der Waals surface area contributed by atoms with Gasteiger partial charge in [0.25, 0.3) is 5.91 Å². The first kappa shape index (κ1) is 13.5. The molecule has 1 amide bonds. The number of amides is 1. The van der Waals surface area contributed by atoms with Gasteiger partial charge in [0, 0.05) is 19.0 Å². The van der Waals surface area contributed by atoms with Crippen LogP contribution < -0.4 is 10.1 Å². The number of ether oxygens (including phenoxy) is 1. The molecule has 0 aromatic carbocycles. The van der Waals surface area contributed by atoms with Crippen molar-refractivity contribution >= 4 is 11.9 Å². The predicted octanol–water partition coefficient (Wildman–Crippen LogP) is 1.66. The van der Waals surface area contributed by atoms with Crippen LogP contribution in [0.15, 0.2) is 12.3 Å². The summed E-state index contributed by atoms with van der Waals surface area (Å²) in [5.74, 6) is -0.496. The standard InChI is InChI=1S/C11H10F3N5O2/c12-11(13,14)7-5-15-10(16-7)17-9(20)6-4-8-19(18-6)2-1-3-21-8/h4-5H,1-3H2,(H2,15,16,17,20). The molecule has 1 aliphatic rings. The lowest BCUT2D eigenvalue weighted by atomic mass is 10.4. The molecule has 0 bridgehead atoms. The molecule has 0 aliphatic carbocycles. The number of aryl methyl sites for hydroxylation is 1. The number of H-pyrrole nitrogens is 1. The maximum atomic E-state index is 12.4. The number of halogens is 3. The smallest absolute Gasteiger partial charge is 0.432 e. The maximum absolute atomic E-state index is 12.4. The van der Waals surface area contributed by atoms with Gasteiger partial charge in [-0.1, -0.05) is 0 Å². The highest BCUT2D eigenvalue weighted by atomic mass is 19.4. The third kappa shape index (κ3) is 2.69. The second kappa shape index (κ2) is 4.79. The first-order valence-electron chi connectivity index (χ1n) is 6.08. The third-order valence-electron chi connectivity index (χ3n) is 2.85. The van der Waals surface area contributed by atoms with Gasteiger partial charge in [-0.15, -0.1) is 0 Å². The van der Waals surface area contributed by atoms with Crippen molar-refractivity contribution in [1.29, 1.82) is 0 Å². The Morgan fingerprint density at radius 3 is 2.95 bits per heavy atom. The highest BCUT2D eigenvalue weighted by Crippen LogP contribution is 2.28. The van der Waals surface area contributed by atoms with Gasteiger partial charge in [0.1, 0.15) is 5.69 Å². The zero-order chi connectivity index (χ0) is 15.0. The summed E-state index contributed by atoms with van der Waals surface area (Å²) in [4.78, 5) is 17.3. The van der Waals surface area contributed by atoms with Crippen molar-refractivity contribution in [3.63, 3.8) is 0 Å². The third-order valence-corrected chi connectivity index (χ3v) is 2.85. The number of nitrogens with zero attached hydrogens (tertiary/aromatic N) is 3. The minimum Gasteiger partial charge on any atom is -0.478 e. The zero-order valence-corrected chi connectivity index (χ0v) is 10.6. The van der Waals surface area contributed by atoms with Crippen molar-refractivity contribution in [3.8, 4) is 5.88 Å². The van der Waals surface area contributed by atoms with Gasteiger partial charge in [-0.2, -0.15) is 18.3 Å². The van der Waals surface area contributed by atoms with Gasteiger partial charge in [-0.05, 0) is 0 Å². The highest BCUT2D eigenvalue weighted by Gasteiger charge is 2.33. The van der Waals surface area contributed by atoms with E-state index in [0.717, 1.165) is 6.42 Å². The minimum atomic E-state index is -4.54. The van der Waals surface area contributed by atoms with Gasteiger partial charge in [0.05, 0.1) is 12.8 Å².